The number of pyridine rings is 1. The number of nitrogens with one attached hydrogen (secondary N) is 1. The van der Waals surface area contributed by atoms with Gasteiger partial charge in [0, 0.05) is 17.3 Å². The molecule has 0 bridgehead atoms. The quantitative estimate of drug-likeness (QED) is 0.511. The first-order valence-corrected chi connectivity index (χ1v) is 8.38. The summed E-state index contributed by atoms with van der Waals surface area (Å²) in [5.41, 5.74) is 4.78. The van der Waals surface area contributed by atoms with Crippen molar-refractivity contribution in [2.45, 2.75) is 0 Å². The fourth-order valence-corrected chi connectivity index (χ4v) is 3.75. The molecule has 113 valence electrons. The van der Waals surface area contributed by atoms with Crippen LogP contribution in [-0.2, 0) is 0 Å². The molecule has 0 spiro atoms. The van der Waals surface area contributed by atoms with Crippen molar-refractivity contribution in [1.29, 1.82) is 0 Å². The van der Waals surface area contributed by atoms with Crippen LogP contribution in [0.2, 0.25) is 0 Å². The molecule has 5 rings (SSSR count). The summed E-state index contributed by atoms with van der Waals surface area (Å²) in [7, 11) is 0. The van der Waals surface area contributed by atoms with Gasteiger partial charge in [-0.25, -0.2) is 9.97 Å². The highest BCUT2D eigenvalue weighted by atomic mass is 32.1. The summed E-state index contributed by atoms with van der Waals surface area (Å²) < 4.78 is 1.15. The van der Waals surface area contributed by atoms with Gasteiger partial charge in [-0.1, -0.05) is 24.3 Å². The molecule has 5 heteroatoms. The molecule has 0 atom stereocenters. The number of rotatable bonds is 2. The van der Waals surface area contributed by atoms with Crippen molar-refractivity contribution in [3.05, 3.63) is 67.0 Å². The van der Waals surface area contributed by atoms with Crippen LogP contribution in [0.15, 0.2) is 60.8 Å². The van der Waals surface area contributed by atoms with Gasteiger partial charge >= 0.3 is 0 Å². The molecule has 0 aliphatic heterocycles. The molecule has 1 N–H and O–H groups in total. The van der Waals surface area contributed by atoms with Gasteiger partial charge in [0.2, 0.25) is 0 Å². The largest absolute Gasteiger partial charge is 0.338 e. The monoisotopic (exact) mass is 327 g/mol. The smallest absolute Gasteiger partial charge is 0.139 e. The highest BCUT2D eigenvalue weighted by Crippen LogP contribution is 2.35. The molecule has 3 aromatic heterocycles. The highest BCUT2D eigenvalue weighted by Gasteiger charge is 2.15. The van der Waals surface area contributed by atoms with E-state index in [1.807, 2.05) is 48.5 Å². The molecule has 4 nitrogen and oxygen atoms in total. The zero-order chi connectivity index (χ0) is 15.9. The minimum Gasteiger partial charge on any atom is -0.338 e. The lowest BCUT2D eigenvalue weighted by molar-refractivity contribution is 1.27. The van der Waals surface area contributed by atoms with Crippen LogP contribution in [0.3, 0.4) is 0 Å². The second kappa shape index (κ2) is 5.25. The van der Waals surface area contributed by atoms with Gasteiger partial charge in [0.15, 0.2) is 0 Å². The number of thiazole rings is 1. The molecule has 0 saturated heterocycles. The fourth-order valence-electron chi connectivity index (χ4n) is 2.78. The Morgan fingerprint density at radius 1 is 0.875 bits per heavy atom. The molecule has 0 unspecified atom stereocenters. The van der Waals surface area contributed by atoms with E-state index < -0.39 is 0 Å². The van der Waals surface area contributed by atoms with Gasteiger partial charge in [-0.15, -0.1) is 11.3 Å². The zero-order valence-corrected chi connectivity index (χ0v) is 13.3. The van der Waals surface area contributed by atoms with Gasteiger partial charge in [0.05, 0.1) is 21.3 Å². The molecule has 0 fully saturated rings. The third-order valence-electron chi connectivity index (χ3n) is 3.91. The van der Waals surface area contributed by atoms with Crippen molar-refractivity contribution in [3.63, 3.8) is 0 Å². The standard InChI is InChI=1S/C19H11N4S/c1-2-6-15-14(5-1)21-18(22-15)12-9-10-20-11-13(12)19-23-16-7-3-4-8-17(16)24-19/h1-10H,(H,21,22). The summed E-state index contributed by atoms with van der Waals surface area (Å²) in [6.07, 6.45) is 4.83. The predicted molar refractivity (Wildman–Crippen MR) is 96.8 cm³/mol. The number of fused-ring (bicyclic) bond motifs is 2. The Kier molecular flexibility index (Phi) is 2.93. The van der Waals surface area contributed by atoms with E-state index in [0.29, 0.717) is 0 Å². The number of aromatic amines is 1. The van der Waals surface area contributed by atoms with Crippen molar-refractivity contribution in [1.82, 2.24) is 19.9 Å². The first-order valence-electron chi connectivity index (χ1n) is 7.56. The van der Waals surface area contributed by atoms with Crippen molar-refractivity contribution in [3.8, 4) is 22.0 Å². The summed E-state index contributed by atoms with van der Waals surface area (Å²) in [6, 6.07) is 18.1. The lowest BCUT2D eigenvalue weighted by atomic mass is 10.1. The minimum absolute atomic E-state index is 0.809. The normalized spacial score (nSPS) is 11.3. The molecule has 0 aliphatic carbocycles. The summed E-state index contributed by atoms with van der Waals surface area (Å²) in [4.78, 5) is 17.0. The second-order valence-corrected chi connectivity index (χ2v) is 6.47. The number of nitrogens with zero attached hydrogens (tertiary/aromatic N) is 3. The topological polar surface area (TPSA) is 54.5 Å². The van der Waals surface area contributed by atoms with Crippen LogP contribution in [0.25, 0.3) is 43.2 Å². The molecule has 1 radical (unpaired) electrons. The van der Waals surface area contributed by atoms with Crippen LogP contribution in [-0.4, -0.2) is 19.9 Å². The second-order valence-electron chi connectivity index (χ2n) is 5.43. The third-order valence-corrected chi connectivity index (χ3v) is 4.97. The van der Waals surface area contributed by atoms with Crippen LogP contribution in [0.5, 0.6) is 0 Å². The van der Waals surface area contributed by atoms with E-state index in [-0.39, 0.29) is 0 Å². The molecule has 5 aromatic rings. The Bertz CT molecular complexity index is 1010. The van der Waals surface area contributed by atoms with E-state index >= 15 is 0 Å². The van der Waals surface area contributed by atoms with Crippen molar-refractivity contribution < 1.29 is 0 Å². The summed E-state index contributed by atoms with van der Waals surface area (Å²) in [5.74, 6) is 0.809. The number of H-pyrrole nitrogens is 1. The fraction of sp³-hybridized carbons (Fsp3) is 0. The molecule has 0 aliphatic rings. The van der Waals surface area contributed by atoms with Gasteiger partial charge in [0.25, 0.3) is 0 Å². The van der Waals surface area contributed by atoms with Gasteiger partial charge in [-0.05, 0) is 30.3 Å². The number of benzene rings is 2. The Balaban J connectivity index is 1.72. The predicted octanol–water partition coefficient (Wildman–Crippen LogP) is 4.70. The molecule has 3 heterocycles. The Morgan fingerprint density at radius 2 is 1.71 bits per heavy atom. The average molecular weight is 327 g/mol. The average Bonchev–Trinajstić information content (AvgIpc) is 3.25. The number of imidazole rings is 1. The lowest BCUT2D eigenvalue weighted by Crippen LogP contribution is -1.88. The number of hydrogen-bond donors (Lipinski definition) is 1. The van der Waals surface area contributed by atoms with Crippen LogP contribution in [0.1, 0.15) is 0 Å². The van der Waals surface area contributed by atoms with Crippen LogP contribution < -0.4 is 0 Å². The van der Waals surface area contributed by atoms with E-state index in [4.69, 9.17) is 9.97 Å². The number of aromatic nitrogens is 4. The van der Waals surface area contributed by atoms with Crippen LogP contribution in [0.4, 0.5) is 0 Å². The molecular formula is C19H11N4S. The maximum Gasteiger partial charge on any atom is 0.139 e. The highest BCUT2D eigenvalue weighted by molar-refractivity contribution is 7.21. The first-order chi connectivity index (χ1) is 11.9. The number of hydrogen-bond acceptors (Lipinski definition) is 4. The van der Waals surface area contributed by atoms with Gasteiger partial charge in [-0.2, -0.15) is 0 Å². The van der Waals surface area contributed by atoms with Crippen molar-refractivity contribution >= 4 is 32.6 Å². The SMILES string of the molecule is [c]1nccc(-c2nc3ccccc3[nH]2)c1-c1nc2ccccc2s1. The van der Waals surface area contributed by atoms with E-state index in [1.165, 1.54) is 0 Å². The first kappa shape index (κ1) is 13.4. The minimum atomic E-state index is 0.809. The summed E-state index contributed by atoms with van der Waals surface area (Å²) in [5, 5.41) is 0.903. The molecular weight excluding hydrogens is 316 g/mol. The van der Waals surface area contributed by atoms with Crippen molar-refractivity contribution in [2.75, 3.05) is 0 Å². The lowest BCUT2D eigenvalue weighted by Gasteiger charge is -2.02. The van der Waals surface area contributed by atoms with Crippen LogP contribution in [0, 0.1) is 6.20 Å². The summed E-state index contributed by atoms with van der Waals surface area (Å²) >= 11 is 1.64. The molecule has 0 amide bonds. The van der Waals surface area contributed by atoms with Gasteiger partial charge in [0.1, 0.15) is 17.0 Å². The summed E-state index contributed by atoms with van der Waals surface area (Å²) in [6.45, 7) is 0. The molecule has 0 saturated carbocycles. The molecule has 24 heavy (non-hydrogen) atoms. The Labute approximate surface area is 141 Å². The van der Waals surface area contributed by atoms with E-state index in [0.717, 1.165) is 43.2 Å². The maximum absolute atomic E-state index is 4.73. The molecule has 2 aromatic carbocycles. The zero-order valence-electron chi connectivity index (χ0n) is 12.5. The maximum atomic E-state index is 4.73. The van der Waals surface area contributed by atoms with E-state index in [1.54, 1.807) is 17.5 Å². The Morgan fingerprint density at radius 3 is 2.58 bits per heavy atom. The van der Waals surface area contributed by atoms with Crippen molar-refractivity contribution in [2.24, 2.45) is 0 Å². The van der Waals surface area contributed by atoms with Gasteiger partial charge in [-0.3, -0.25) is 4.98 Å². The van der Waals surface area contributed by atoms with Crippen LogP contribution >= 0.6 is 11.3 Å². The van der Waals surface area contributed by atoms with Gasteiger partial charge < -0.3 is 4.98 Å². The van der Waals surface area contributed by atoms with E-state index in [9.17, 15) is 0 Å². The van der Waals surface area contributed by atoms with E-state index in [2.05, 4.69) is 22.2 Å². The number of para-hydroxylation sites is 3. The Hall–Kier alpha value is -3.05. The third kappa shape index (κ3) is 2.10.